The van der Waals surface area contributed by atoms with Crippen LogP contribution in [0, 0.1) is 0 Å². The number of rotatable bonds is 3. The lowest BCUT2D eigenvalue weighted by atomic mass is 10.1. The number of carbonyl (C=O) groups excluding carboxylic acids is 1. The Kier molecular flexibility index (Phi) is 3.63. The summed E-state index contributed by atoms with van der Waals surface area (Å²) in [6, 6.07) is 18.7. The van der Waals surface area contributed by atoms with E-state index in [-0.39, 0.29) is 5.91 Å². The van der Waals surface area contributed by atoms with Crippen molar-refractivity contribution in [3.63, 3.8) is 0 Å². The van der Waals surface area contributed by atoms with Crippen molar-refractivity contribution < 1.29 is 9.90 Å². The van der Waals surface area contributed by atoms with Crippen LogP contribution < -0.4 is 5.32 Å². The van der Waals surface area contributed by atoms with Crippen LogP contribution in [0.2, 0.25) is 0 Å². The van der Waals surface area contributed by atoms with E-state index in [4.69, 9.17) is 0 Å². The van der Waals surface area contributed by atoms with Crippen LogP contribution >= 0.6 is 0 Å². The normalized spacial score (nSPS) is 19.0. The van der Waals surface area contributed by atoms with Crippen LogP contribution in [0.3, 0.4) is 0 Å². The zero-order chi connectivity index (χ0) is 16.5. The van der Waals surface area contributed by atoms with Gasteiger partial charge in [-0.3, -0.25) is 4.79 Å². The van der Waals surface area contributed by atoms with Gasteiger partial charge >= 0.3 is 0 Å². The Morgan fingerprint density at radius 3 is 2.67 bits per heavy atom. The number of aromatic nitrogens is 2. The highest BCUT2D eigenvalue weighted by Gasteiger charge is 2.32. The highest BCUT2D eigenvalue weighted by atomic mass is 16.3. The van der Waals surface area contributed by atoms with Crippen molar-refractivity contribution in [2.45, 2.75) is 18.6 Å². The first-order chi connectivity index (χ1) is 11.7. The number of nitrogens with one attached hydrogen (secondary N) is 1. The molecule has 5 nitrogen and oxygen atoms in total. The number of amides is 1. The molecule has 0 aliphatic heterocycles. The molecule has 0 saturated heterocycles. The average Bonchev–Trinajstić information content (AvgIpc) is 3.21. The summed E-state index contributed by atoms with van der Waals surface area (Å²) in [6.45, 7) is 0. The predicted molar refractivity (Wildman–Crippen MR) is 89.9 cm³/mol. The third kappa shape index (κ3) is 2.59. The third-order valence-electron chi connectivity index (χ3n) is 4.33. The number of aliphatic hydroxyl groups is 1. The Hall–Kier alpha value is -2.92. The Morgan fingerprint density at radius 1 is 1.08 bits per heavy atom. The predicted octanol–water partition coefficient (Wildman–Crippen LogP) is 2.26. The van der Waals surface area contributed by atoms with Gasteiger partial charge in [0.15, 0.2) is 5.69 Å². The summed E-state index contributed by atoms with van der Waals surface area (Å²) < 4.78 is 1.66. The van der Waals surface area contributed by atoms with Crippen molar-refractivity contribution in [2.75, 3.05) is 0 Å². The Balaban J connectivity index is 1.54. The highest BCUT2D eigenvalue weighted by Crippen LogP contribution is 2.31. The molecule has 0 spiro atoms. The van der Waals surface area contributed by atoms with Gasteiger partial charge in [0.1, 0.15) is 0 Å². The maximum atomic E-state index is 12.5. The van der Waals surface area contributed by atoms with E-state index >= 15 is 0 Å². The topological polar surface area (TPSA) is 67.2 Å². The Bertz CT molecular complexity index is 873. The molecule has 0 fully saturated rings. The van der Waals surface area contributed by atoms with E-state index in [1.165, 1.54) is 0 Å². The first kappa shape index (κ1) is 14.7. The maximum absolute atomic E-state index is 12.5. The zero-order valence-corrected chi connectivity index (χ0v) is 13.0. The quantitative estimate of drug-likeness (QED) is 0.778. The van der Waals surface area contributed by atoms with Gasteiger partial charge in [0, 0.05) is 12.6 Å². The van der Waals surface area contributed by atoms with Crippen LogP contribution in [0.1, 0.15) is 27.7 Å². The number of para-hydroxylation sites is 1. The smallest absolute Gasteiger partial charge is 0.272 e. The summed E-state index contributed by atoms with van der Waals surface area (Å²) in [6.07, 6.45) is 1.70. The molecule has 1 heterocycles. The molecule has 0 radical (unpaired) electrons. The largest absolute Gasteiger partial charge is 0.390 e. The molecule has 4 rings (SSSR count). The second-order valence-corrected chi connectivity index (χ2v) is 5.90. The van der Waals surface area contributed by atoms with E-state index in [0.717, 1.165) is 16.8 Å². The molecule has 2 N–H and O–H groups in total. The van der Waals surface area contributed by atoms with Gasteiger partial charge in [-0.2, -0.15) is 5.10 Å². The lowest BCUT2D eigenvalue weighted by Crippen LogP contribution is -2.34. The Morgan fingerprint density at radius 2 is 1.83 bits per heavy atom. The van der Waals surface area contributed by atoms with Gasteiger partial charge in [0.25, 0.3) is 5.91 Å². The van der Waals surface area contributed by atoms with E-state index in [1.54, 1.807) is 16.9 Å². The molecule has 1 amide bonds. The van der Waals surface area contributed by atoms with Crippen molar-refractivity contribution in [3.05, 3.63) is 83.7 Å². The monoisotopic (exact) mass is 319 g/mol. The number of nitrogens with zero attached hydrogens (tertiary/aromatic N) is 2. The first-order valence-electron chi connectivity index (χ1n) is 7.90. The van der Waals surface area contributed by atoms with E-state index < -0.39 is 12.1 Å². The molecule has 0 bridgehead atoms. The first-order valence-corrected chi connectivity index (χ1v) is 7.90. The standard InChI is InChI=1S/C19H17N3O2/c23-17-12-13-6-4-5-9-15(13)18(17)20-19(24)16-10-11-22(21-16)14-7-2-1-3-8-14/h1-11,17-18,23H,12H2,(H,20,24)/t17-,18+/m0/s1. The maximum Gasteiger partial charge on any atom is 0.272 e. The summed E-state index contributed by atoms with van der Waals surface area (Å²) in [5.74, 6) is -0.287. The summed E-state index contributed by atoms with van der Waals surface area (Å²) in [4.78, 5) is 12.5. The van der Waals surface area contributed by atoms with Gasteiger partial charge in [0.05, 0.1) is 17.8 Å². The lowest BCUT2D eigenvalue weighted by molar-refractivity contribution is 0.0853. The summed E-state index contributed by atoms with van der Waals surface area (Å²) in [5, 5.41) is 17.5. The molecular formula is C19H17N3O2. The molecule has 120 valence electrons. The molecule has 3 aromatic rings. The van der Waals surface area contributed by atoms with Crippen LogP contribution in [0.15, 0.2) is 66.9 Å². The van der Waals surface area contributed by atoms with Crippen LogP contribution in [0.5, 0.6) is 0 Å². The summed E-state index contributed by atoms with van der Waals surface area (Å²) in [7, 11) is 0. The molecule has 2 aromatic carbocycles. The minimum absolute atomic E-state index is 0.287. The summed E-state index contributed by atoms with van der Waals surface area (Å²) >= 11 is 0. The van der Waals surface area contributed by atoms with Gasteiger partial charge in [-0.05, 0) is 29.3 Å². The number of hydrogen-bond acceptors (Lipinski definition) is 3. The molecule has 0 unspecified atom stereocenters. The number of hydrogen-bond donors (Lipinski definition) is 2. The Labute approximate surface area is 139 Å². The number of aliphatic hydroxyl groups excluding tert-OH is 1. The fraction of sp³-hybridized carbons (Fsp3) is 0.158. The van der Waals surface area contributed by atoms with Gasteiger partial charge in [-0.1, -0.05) is 42.5 Å². The average molecular weight is 319 g/mol. The molecule has 1 aliphatic carbocycles. The molecule has 0 saturated carbocycles. The minimum Gasteiger partial charge on any atom is -0.390 e. The number of benzene rings is 2. The molecule has 5 heteroatoms. The second-order valence-electron chi connectivity index (χ2n) is 5.90. The number of fused-ring (bicyclic) bond motifs is 1. The molecule has 24 heavy (non-hydrogen) atoms. The fourth-order valence-electron chi connectivity index (χ4n) is 3.13. The van der Waals surface area contributed by atoms with Gasteiger partial charge in [-0.15, -0.1) is 0 Å². The zero-order valence-electron chi connectivity index (χ0n) is 13.0. The van der Waals surface area contributed by atoms with Crippen LogP contribution in [-0.4, -0.2) is 26.9 Å². The fourth-order valence-corrected chi connectivity index (χ4v) is 3.13. The highest BCUT2D eigenvalue weighted by molar-refractivity contribution is 5.92. The molecule has 1 aliphatic rings. The summed E-state index contributed by atoms with van der Waals surface area (Å²) in [5.41, 5.74) is 3.27. The van der Waals surface area contributed by atoms with Crippen molar-refractivity contribution >= 4 is 5.91 Å². The van der Waals surface area contributed by atoms with E-state index in [0.29, 0.717) is 12.1 Å². The molecular weight excluding hydrogens is 302 g/mol. The third-order valence-corrected chi connectivity index (χ3v) is 4.33. The van der Waals surface area contributed by atoms with Gasteiger partial charge < -0.3 is 10.4 Å². The van der Waals surface area contributed by atoms with E-state index in [9.17, 15) is 9.90 Å². The van der Waals surface area contributed by atoms with Crippen molar-refractivity contribution in [1.29, 1.82) is 0 Å². The van der Waals surface area contributed by atoms with Crippen molar-refractivity contribution in [3.8, 4) is 5.69 Å². The molecule has 2 atom stereocenters. The van der Waals surface area contributed by atoms with Crippen molar-refractivity contribution in [1.82, 2.24) is 15.1 Å². The molecule has 1 aromatic heterocycles. The van der Waals surface area contributed by atoms with Crippen molar-refractivity contribution in [2.24, 2.45) is 0 Å². The van der Waals surface area contributed by atoms with Crippen LogP contribution in [-0.2, 0) is 6.42 Å². The van der Waals surface area contributed by atoms with Crippen LogP contribution in [0.4, 0.5) is 0 Å². The second kappa shape index (κ2) is 5.94. The van der Waals surface area contributed by atoms with Gasteiger partial charge in [-0.25, -0.2) is 4.68 Å². The van der Waals surface area contributed by atoms with Gasteiger partial charge in [0.2, 0.25) is 0 Å². The van der Waals surface area contributed by atoms with E-state index in [2.05, 4.69) is 10.4 Å². The van der Waals surface area contributed by atoms with Crippen LogP contribution in [0.25, 0.3) is 5.69 Å². The minimum atomic E-state index is -0.609. The number of carbonyl (C=O) groups is 1. The van der Waals surface area contributed by atoms with E-state index in [1.807, 2.05) is 54.6 Å². The lowest BCUT2D eigenvalue weighted by Gasteiger charge is -2.17. The SMILES string of the molecule is O=C(N[C@@H]1c2ccccc2C[C@@H]1O)c1ccn(-c2ccccc2)n1.